The number of benzene rings is 2. The number of hydrogen-bond donors (Lipinski definition) is 4. The number of fused-ring (bicyclic) bond motifs is 1. The summed E-state index contributed by atoms with van der Waals surface area (Å²) in [5, 5.41) is 13.6. The number of carbonyl (C=O) groups excluding carboxylic acids is 3. The molecule has 4 N–H and O–H groups in total. The molecule has 3 saturated carbocycles. The third-order valence-electron chi connectivity index (χ3n) is 6.81. The molecular formula is C24H22Cl2FN3O6. The van der Waals surface area contributed by atoms with Gasteiger partial charge < -0.3 is 19.9 Å². The highest BCUT2D eigenvalue weighted by Gasteiger charge is 2.72. The predicted octanol–water partition coefficient (Wildman–Crippen LogP) is 2.58. The van der Waals surface area contributed by atoms with Gasteiger partial charge in [0.1, 0.15) is 17.3 Å². The summed E-state index contributed by atoms with van der Waals surface area (Å²) >= 11 is 11.6. The van der Waals surface area contributed by atoms with Crippen LogP contribution in [0.5, 0.6) is 11.5 Å². The first kappa shape index (κ1) is 24.6. The summed E-state index contributed by atoms with van der Waals surface area (Å²) in [4.78, 5) is 37.4. The highest BCUT2D eigenvalue weighted by Crippen LogP contribution is 2.67. The first-order chi connectivity index (χ1) is 17.1. The van der Waals surface area contributed by atoms with Gasteiger partial charge in [-0.15, -0.1) is 0 Å². The zero-order valence-corrected chi connectivity index (χ0v) is 20.3. The van der Waals surface area contributed by atoms with Crippen LogP contribution in [0.2, 0.25) is 10.0 Å². The summed E-state index contributed by atoms with van der Waals surface area (Å²) < 4.78 is 24.4. The molecular weight excluding hydrogens is 516 g/mol. The lowest BCUT2D eigenvalue weighted by atomic mass is 9.39. The van der Waals surface area contributed by atoms with Crippen molar-refractivity contribution in [2.45, 2.75) is 43.4 Å². The lowest BCUT2D eigenvalue weighted by Crippen LogP contribution is -2.79. The Morgan fingerprint density at radius 3 is 2.58 bits per heavy atom. The van der Waals surface area contributed by atoms with Crippen molar-refractivity contribution in [3.63, 3.8) is 0 Å². The molecule has 190 valence electrons. The fourth-order valence-corrected chi connectivity index (χ4v) is 5.42. The Kier molecular flexibility index (Phi) is 6.22. The number of hydrogen-bond acceptors (Lipinski definition) is 6. The standard InChI is InChI=1S/C24H22Cl2FN3O6/c25-12-1-4-18-14(5-12)17(31)7-19(36-18)21(33)29-30-22(34)23-9-24(10-23,11-23)28-20(32)8-35-13-2-3-15(26)16(27)6-13/h1-6,17,19,31H,7-11H2,(H,28,32)(H,29,33)(H,30,34)/t17-,19-,23?,24?/m1/s1. The molecule has 0 unspecified atom stereocenters. The number of aliphatic hydroxyl groups is 1. The zero-order chi connectivity index (χ0) is 25.7. The van der Waals surface area contributed by atoms with Gasteiger partial charge in [-0.1, -0.05) is 23.2 Å². The predicted molar refractivity (Wildman–Crippen MR) is 126 cm³/mol. The van der Waals surface area contributed by atoms with E-state index in [1.54, 1.807) is 18.2 Å². The van der Waals surface area contributed by atoms with Crippen molar-refractivity contribution in [1.82, 2.24) is 16.2 Å². The summed E-state index contributed by atoms with van der Waals surface area (Å²) in [5.74, 6) is -1.45. The third-order valence-corrected chi connectivity index (χ3v) is 7.35. The van der Waals surface area contributed by atoms with Crippen LogP contribution in [-0.4, -0.2) is 41.1 Å². The van der Waals surface area contributed by atoms with Gasteiger partial charge in [0.2, 0.25) is 5.91 Å². The second kappa shape index (κ2) is 9.10. The summed E-state index contributed by atoms with van der Waals surface area (Å²) in [5.41, 5.74) is 4.14. The number of nitrogens with one attached hydrogen (secondary N) is 3. The Morgan fingerprint density at radius 2 is 1.86 bits per heavy atom. The van der Waals surface area contributed by atoms with Crippen LogP contribution in [0, 0.1) is 11.2 Å². The van der Waals surface area contributed by atoms with E-state index in [4.69, 9.17) is 32.7 Å². The zero-order valence-electron chi connectivity index (χ0n) is 18.8. The molecule has 2 aromatic carbocycles. The number of rotatable bonds is 6. The van der Waals surface area contributed by atoms with E-state index in [0.29, 0.717) is 35.6 Å². The molecule has 4 aliphatic rings. The molecule has 1 aliphatic heterocycles. The molecule has 2 aromatic rings. The number of ether oxygens (including phenoxy) is 2. The van der Waals surface area contributed by atoms with Crippen LogP contribution >= 0.6 is 23.2 Å². The van der Waals surface area contributed by atoms with E-state index < -0.39 is 34.9 Å². The highest BCUT2D eigenvalue weighted by atomic mass is 35.5. The molecule has 3 amide bonds. The van der Waals surface area contributed by atoms with Gasteiger partial charge in [0.25, 0.3) is 11.8 Å². The van der Waals surface area contributed by atoms with Gasteiger partial charge in [-0.3, -0.25) is 25.2 Å². The average Bonchev–Trinajstić information content (AvgIpc) is 2.79. The molecule has 2 bridgehead atoms. The lowest BCUT2D eigenvalue weighted by molar-refractivity contribution is -0.185. The summed E-state index contributed by atoms with van der Waals surface area (Å²) in [6, 6.07) is 8.64. The lowest BCUT2D eigenvalue weighted by Gasteiger charge is -2.68. The molecule has 0 radical (unpaired) electrons. The Balaban J connectivity index is 1.06. The maximum atomic E-state index is 13.5. The Labute approximate surface area is 215 Å². The van der Waals surface area contributed by atoms with Gasteiger partial charge in [0, 0.05) is 28.6 Å². The number of aliphatic hydroxyl groups excluding tert-OH is 1. The third kappa shape index (κ3) is 4.56. The Hall–Kier alpha value is -3.08. The molecule has 3 aliphatic carbocycles. The molecule has 12 heteroatoms. The van der Waals surface area contributed by atoms with Crippen molar-refractivity contribution < 1.29 is 33.4 Å². The van der Waals surface area contributed by atoms with E-state index in [9.17, 15) is 23.9 Å². The average molecular weight is 538 g/mol. The van der Waals surface area contributed by atoms with E-state index in [1.807, 2.05) is 0 Å². The second-order valence-corrected chi connectivity index (χ2v) is 10.3. The minimum absolute atomic E-state index is 0.0140. The van der Waals surface area contributed by atoms with Crippen LogP contribution in [0.25, 0.3) is 0 Å². The summed E-state index contributed by atoms with van der Waals surface area (Å²) in [6.45, 7) is -0.305. The van der Waals surface area contributed by atoms with Crippen LogP contribution < -0.4 is 25.6 Å². The molecule has 0 spiro atoms. The SMILES string of the molecule is O=C(COc1ccc(Cl)c(F)c1)NC12CC(C(=O)NNC(=O)[C@H]3C[C@@H](O)c4cc(Cl)ccc4O3)(C1)C2. The first-order valence-electron chi connectivity index (χ1n) is 11.2. The van der Waals surface area contributed by atoms with Crippen LogP contribution in [0.15, 0.2) is 36.4 Å². The molecule has 2 atom stereocenters. The van der Waals surface area contributed by atoms with E-state index in [1.165, 1.54) is 12.1 Å². The second-order valence-electron chi connectivity index (χ2n) is 9.49. The maximum Gasteiger partial charge on any atom is 0.279 e. The van der Waals surface area contributed by atoms with E-state index >= 15 is 0 Å². The molecule has 9 nitrogen and oxygen atoms in total. The number of carbonyl (C=O) groups is 3. The minimum Gasteiger partial charge on any atom is -0.484 e. The summed E-state index contributed by atoms with van der Waals surface area (Å²) in [6.07, 6.45) is -0.619. The van der Waals surface area contributed by atoms with Crippen LogP contribution in [0.4, 0.5) is 4.39 Å². The minimum atomic E-state index is -0.984. The number of amides is 3. The van der Waals surface area contributed by atoms with Crippen molar-refractivity contribution in [1.29, 1.82) is 0 Å². The number of hydrazine groups is 1. The highest BCUT2D eigenvalue weighted by molar-refractivity contribution is 6.31. The fraction of sp³-hybridized carbons (Fsp3) is 0.375. The van der Waals surface area contributed by atoms with Gasteiger partial charge >= 0.3 is 0 Å². The summed E-state index contributed by atoms with van der Waals surface area (Å²) in [7, 11) is 0. The topological polar surface area (TPSA) is 126 Å². The molecule has 0 aromatic heterocycles. The van der Waals surface area contributed by atoms with Crippen molar-refractivity contribution in [3.05, 3.63) is 57.8 Å². The van der Waals surface area contributed by atoms with Gasteiger partial charge in [0.05, 0.1) is 16.5 Å². The Morgan fingerprint density at radius 1 is 1.11 bits per heavy atom. The van der Waals surface area contributed by atoms with Crippen molar-refractivity contribution in [3.8, 4) is 11.5 Å². The van der Waals surface area contributed by atoms with Gasteiger partial charge in [-0.05, 0) is 49.6 Å². The first-order valence-corrected chi connectivity index (χ1v) is 12.0. The Bertz CT molecular complexity index is 1240. The van der Waals surface area contributed by atoms with Crippen LogP contribution in [-0.2, 0) is 14.4 Å². The van der Waals surface area contributed by atoms with Gasteiger partial charge in [0.15, 0.2) is 12.7 Å². The van der Waals surface area contributed by atoms with Crippen molar-refractivity contribution >= 4 is 40.9 Å². The van der Waals surface area contributed by atoms with Gasteiger partial charge in [-0.25, -0.2) is 4.39 Å². The molecule has 6 rings (SSSR count). The van der Waals surface area contributed by atoms with E-state index in [2.05, 4.69) is 16.2 Å². The smallest absolute Gasteiger partial charge is 0.279 e. The monoisotopic (exact) mass is 537 g/mol. The molecule has 3 fully saturated rings. The molecule has 36 heavy (non-hydrogen) atoms. The quantitative estimate of drug-likeness (QED) is 0.419. The largest absolute Gasteiger partial charge is 0.484 e. The van der Waals surface area contributed by atoms with Gasteiger partial charge in [-0.2, -0.15) is 0 Å². The van der Waals surface area contributed by atoms with Crippen molar-refractivity contribution in [2.75, 3.05) is 6.61 Å². The number of halogens is 3. The van der Waals surface area contributed by atoms with Crippen LogP contribution in [0.1, 0.15) is 37.4 Å². The normalized spacial score (nSPS) is 27.3. The molecule has 0 saturated heterocycles. The van der Waals surface area contributed by atoms with Crippen LogP contribution in [0.3, 0.4) is 0 Å². The van der Waals surface area contributed by atoms with Crippen molar-refractivity contribution in [2.24, 2.45) is 5.41 Å². The van der Waals surface area contributed by atoms with E-state index in [0.717, 1.165) is 6.07 Å². The van der Waals surface area contributed by atoms with E-state index in [-0.39, 0.29) is 35.6 Å². The molecule has 1 heterocycles. The maximum absolute atomic E-state index is 13.5. The fourth-order valence-electron chi connectivity index (χ4n) is 5.12.